The Hall–Kier alpha value is -2.86. The second-order valence-corrected chi connectivity index (χ2v) is 9.09. The number of nitrogen functional groups attached to an aromatic ring is 1. The van der Waals surface area contributed by atoms with E-state index in [-0.39, 0.29) is 48.2 Å². The quantitative estimate of drug-likeness (QED) is 0.301. The van der Waals surface area contributed by atoms with E-state index in [9.17, 15) is 24.3 Å². The number of anilines is 1. The molecule has 0 bridgehead atoms. The van der Waals surface area contributed by atoms with Crippen molar-refractivity contribution in [1.29, 1.82) is 0 Å². The number of nitrogens with two attached hydrogens (primary N) is 1. The number of nitrogens with zero attached hydrogens (tertiary/aromatic N) is 3. The van der Waals surface area contributed by atoms with Crippen LogP contribution in [0.5, 0.6) is 0 Å². The Morgan fingerprint density at radius 3 is 2.52 bits per heavy atom. The maximum atomic E-state index is 13.1. The van der Waals surface area contributed by atoms with E-state index < -0.39 is 34.7 Å². The first-order chi connectivity index (χ1) is 14.5. The van der Waals surface area contributed by atoms with Crippen LogP contribution in [0.25, 0.3) is 0 Å². The summed E-state index contributed by atoms with van der Waals surface area (Å²) in [7, 11) is 0. The molecule has 12 heteroatoms. The third-order valence-corrected chi connectivity index (χ3v) is 6.23. The van der Waals surface area contributed by atoms with Gasteiger partial charge in [-0.15, -0.1) is 11.3 Å². The number of carboxylic acids is 1. The summed E-state index contributed by atoms with van der Waals surface area (Å²) >= 11 is 1.09. The molecule has 0 spiro atoms. The lowest BCUT2D eigenvalue weighted by molar-refractivity contribution is -0.264. The van der Waals surface area contributed by atoms with E-state index in [0.29, 0.717) is 6.42 Å². The van der Waals surface area contributed by atoms with Crippen molar-refractivity contribution in [2.45, 2.75) is 57.6 Å². The van der Waals surface area contributed by atoms with Crippen LogP contribution in [0.3, 0.4) is 0 Å². The summed E-state index contributed by atoms with van der Waals surface area (Å²) in [4.78, 5) is 62.8. The summed E-state index contributed by atoms with van der Waals surface area (Å²) in [5, 5.41) is 16.1. The molecule has 1 atom stereocenters. The fourth-order valence-corrected chi connectivity index (χ4v) is 3.97. The molecule has 11 nitrogen and oxygen atoms in total. The van der Waals surface area contributed by atoms with E-state index >= 15 is 0 Å². The molecule has 1 aliphatic heterocycles. The number of hydrogen-bond donors (Lipinski definition) is 2. The predicted octanol–water partition coefficient (Wildman–Crippen LogP) is 1.17. The van der Waals surface area contributed by atoms with Gasteiger partial charge in [0.2, 0.25) is 5.60 Å². The van der Waals surface area contributed by atoms with Crippen molar-refractivity contribution in [3.8, 4) is 0 Å². The van der Waals surface area contributed by atoms with Gasteiger partial charge in [0.05, 0.1) is 11.5 Å². The number of Topliss-reactive ketones (excluding diaryl/α,β-unsaturated/α-hetero) is 2. The minimum absolute atomic E-state index is 0.154. The van der Waals surface area contributed by atoms with Crippen molar-refractivity contribution < 1.29 is 34.0 Å². The molecular formula is C19H24N4O7S. The van der Waals surface area contributed by atoms with E-state index in [4.69, 9.17) is 15.4 Å². The fraction of sp³-hybridized carbons (Fsp3) is 0.579. The van der Waals surface area contributed by atoms with E-state index in [0.717, 1.165) is 16.4 Å². The standard InChI is InChI=1S/C19H24N4O7S/c1-10(24)8-29-23-15(26)11(18(23,2)3)7-13(25)14(12-9-31-17(20)21-12)22-30-19(16(27)28)5-4-6-19/h9,11H,4-8H2,1-3H3,(H2,20,21)(H,27,28)/b22-14-/t11-/m1/s1. The number of rotatable bonds is 10. The van der Waals surface area contributed by atoms with Crippen LogP contribution in [0.4, 0.5) is 5.13 Å². The lowest BCUT2D eigenvalue weighted by Gasteiger charge is -2.52. The second kappa shape index (κ2) is 8.35. The number of aromatic nitrogens is 1. The van der Waals surface area contributed by atoms with E-state index in [1.807, 2.05) is 0 Å². The number of ketones is 2. The zero-order valence-electron chi connectivity index (χ0n) is 17.4. The molecule has 1 aromatic rings. The van der Waals surface area contributed by atoms with Gasteiger partial charge in [-0.25, -0.2) is 14.8 Å². The Bertz CT molecular complexity index is 951. The van der Waals surface area contributed by atoms with Crippen molar-refractivity contribution in [2.75, 3.05) is 12.3 Å². The molecule has 1 aliphatic carbocycles. The number of carboxylic acid groups (broad SMARTS) is 1. The first-order valence-corrected chi connectivity index (χ1v) is 10.6. The lowest BCUT2D eigenvalue weighted by atomic mass is 9.74. The molecule has 31 heavy (non-hydrogen) atoms. The molecular weight excluding hydrogens is 428 g/mol. The molecule has 3 rings (SSSR count). The largest absolute Gasteiger partial charge is 0.478 e. The number of oxime groups is 1. The van der Waals surface area contributed by atoms with Gasteiger partial charge in [-0.2, -0.15) is 0 Å². The van der Waals surface area contributed by atoms with Gasteiger partial charge in [0.25, 0.3) is 5.91 Å². The van der Waals surface area contributed by atoms with Gasteiger partial charge >= 0.3 is 5.97 Å². The summed E-state index contributed by atoms with van der Waals surface area (Å²) in [6, 6.07) is 0. The molecule has 1 amide bonds. The number of amides is 1. The molecule has 1 saturated heterocycles. The van der Waals surface area contributed by atoms with E-state index in [2.05, 4.69) is 10.1 Å². The SMILES string of the molecule is CC(=O)CON1C(=O)[C@@H](CC(=O)/C(=N\OC2(C(=O)O)CCC2)c2csc(N)n2)C1(C)C. The average Bonchev–Trinajstić information content (AvgIpc) is 3.06. The zero-order valence-corrected chi connectivity index (χ0v) is 18.2. The van der Waals surface area contributed by atoms with Gasteiger partial charge in [0.1, 0.15) is 12.3 Å². The monoisotopic (exact) mass is 452 g/mol. The predicted molar refractivity (Wildman–Crippen MR) is 109 cm³/mol. The summed E-state index contributed by atoms with van der Waals surface area (Å²) in [5.74, 6) is -3.08. The molecule has 1 aromatic heterocycles. The molecule has 0 unspecified atom stereocenters. The van der Waals surface area contributed by atoms with Crippen molar-refractivity contribution in [1.82, 2.24) is 10.0 Å². The Balaban J connectivity index is 1.78. The molecule has 1 saturated carbocycles. The fourth-order valence-electron chi connectivity index (χ4n) is 3.42. The summed E-state index contributed by atoms with van der Waals surface area (Å²) in [6.07, 6.45) is 1.02. The van der Waals surface area contributed by atoms with Gasteiger partial charge in [0.15, 0.2) is 22.4 Å². The normalized spacial score (nSPS) is 21.8. The van der Waals surface area contributed by atoms with Crippen molar-refractivity contribution in [2.24, 2.45) is 11.1 Å². The van der Waals surface area contributed by atoms with Crippen LogP contribution < -0.4 is 5.73 Å². The molecule has 168 valence electrons. The minimum Gasteiger partial charge on any atom is -0.478 e. The topological polar surface area (TPSA) is 161 Å². The summed E-state index contributed by atoms with van der Waals surface area (Å²) < 4.78 is 0. The molecule has 2 aliphatic rings. The molecule has 0 aromatic carbocycles. The number of hydrogen-bond acceptors (Lipinski definition) is 10. The van der Waals surface area contributed by atoms with Gasteiger partial charge in [0, 0.05) is 24.6 Å². The Morgan fingerprint density at radius 1 is 1.39 bits per heavy atom. The number of β-lactam (4-membered cyclic amide) rings is 1. The maximum Gasteiger partial charge on any atom is 0.350 e. The molecule has 2 heterocycles. The number of hydroxylamine groups is 2. The van der Waals surface area contributed by atoms with Crippen LogP contribution in [0, 0.1) is 5.92 Å². The van der Waals surface area contributed by atoms with E-state index in [1.54, 1.807) is 13.8 Å². The third-order valence-electron chi connectivity index (χ3n) is 5.55. The van der Waals surface area contributed by atoms with Gasteiger partial charge < -0.3 is 15.7 Å². The van der Waals surface area contributed by atoms with Crippen LogP contribution >= 0.6 is 11.3 Å². The Morgan fingerprint density at radius 2 is 2.06 bits per heavy atom. The Kier molecular flexibility index (Phi) is 6.14. The van der Waals surface area contributed by atoms with Crippen molar-refractivity contribution in [3.05, 3.63) is 11.1 Å². The van der Waals surface area contributed by atoms with Gasteiger partial charge in [-0.1, -0.05) is 5.16 Å². The first-order valence-electron chi connectivity index (χ1n) is 9.68. The third kappa shape index (κ3) is 4.30. The smallest absolute Gasteiger partial charge is 0.350 e. The number of carbonyl (C=O) groups excluding carboxylic acids is 3. The van der Waals surface area contributed by atoms with Crippen LogP contribution in [0.15, 0.2) is 10.5 Å². The molecule has 2 fully saturated rings. The highest BCUT2D eigenvalue weighted by atomic mass is 32.1. The molecule has 0 radical (unpaired) electrons. The second-order valence-electron chi connectivity index (χ2n) is 8.20. The number of carbonyl (C=O) groups is 4. The van der Waals surface area contributed by atoms with Crippen LogP contribution in [-0.2, 0) is 28.9 Å². The number of thiazole rings is 1. The van der Waals surface area contributed by atoms with Gasteiger partial charge in [-0.3, -0.25) is 19.2 Å². The summed E-state index contributed by atoms with van der Waals surface area (Å²) in [5.41, 5.74) is 3.34. The molecule has 3 N–H and O–H groups in total. The number of aliphatic carboxylic acids is 1. The minimum atomic E-state index is -1.46. The van der Waals surface area contributed by atoms with E-state index in [1.165, 1.54) is 12.3 Å². The van der Waals surface area contributed by atoms with Crippen LogP contribution in [0.2, 0.25) is 0 Å². The maximum absolute atomic E-state index is 13.1. The summed E-state index contributed by atoms with van der Waals surface area (Å²) in [6.45, 7) is 4.53. The highest BCUT2D eigenvalue weighted by molar-refractivity contribution is 7.13. The Labute approximate surface area is 182 Å². The highest BCUT2D eigenvalue weighted by Gasteiger charge is 2.56. The first kappa shape index (κ1) is 22.8. The highest BCUT2D eigenvalue weighted by Crippen LogP contribution is 2.40. The van der Waals surface area contributed by atoms with Crippen LogP contribution in [-0.4, -0.2) is 62.1 Å². The van der Waals surface area contributed by atoms with Crippen molar-refractivity contribution >= 4 is 45.6 Å². The average molecular weight is 452 g/mol. The lowest BCUT2D eigenvalue weighted by Crippen LogP contribution is -2.68. The van der Waals surface area contributed by atoms with Crippen molar-refractivity contribution in [3.63, 3.8) is 0 Å². The van der Waals surface area contributed by atoms with Gasteiger partial charge in [-0.05, 0) is 27.2 Å². The van der Waals surface area contributed by atoms with Crippen LogP contribution in [0.1, 0.15) is 52.1 Å². The zero-order chi connectivity index (χ0) is 23.0.